The molecule has 1 aliphatic heterocycles. The molecule has 0 fully saturated rings. The fourth-order valence-electron chi connectivity index (χ4n) is 5.28. The van der Waals surface area contributed by atoms with Gasteiger partial charge in [-0.2, -0.15) is 0 Å². The van der Waals surface area contributed by atoms with Crippen LogP contribution in [0.5, 0.6) is 5.75 Å². The molecule has 5 heteroatoms. The van der Waals surface area contributed by atoms with Gasteiger partial charge in [-0.3, -0.25) is 4.79 Å². The number of hydrogen-bond donors (Lipinski definition) is 2. The van der Waals surface area contributed by atoms with Crippen molar-refractivity contribution in [1.82, 2.24) is 0 Å². The second-order valence-corrected chi connectivity index (χ2v) is 8.97. The number of fused-ring (bicyclic) bond motifs is 4. The number of ether oxygens (including phenoxy) is 1. The number of benzene rings is 3. The van der Waals surface area contributed by atoms with Crippen molar-refractivity contribution >= 4 is 39.7 Å². The Morgan fingerprint density at radius 1 is 1.16 bits per heavy atom. The molecule has 0 saturated heterocycles. The summed E-state index contributed by atoms with van der Waals surface area (Å²) in [4.78, 5) is 12.4. The summed E-state index contributed by atoms with van der Waals surface area (Å²) in [7, 11) is 1.73. The Bertz CT molecular complexity index is 1220. The van der Waals surface area contributed by atoms with Gasteiger partial charge >= 0.3 is 0 Å². The molecule has 5 rings (SSSR count). The van der Waals surface area contributed by atoms with Crippen LogP contribution in [-0.4, -0.2) is 13.0 Å². The lowest BCUT2D eigenvalue weighted by molar-refractivity contribution is -0.116. The first-order valence-corrected chi connectivity index (χ1v) is 11.6. The van der Waals surface area contributed by atoms with Gasteiger partial charge in [0.05, 0.1) is 23.9 Å². The van der Waals surface area contributed by atoms with E-state index < -0.39 is 0 Å². The standard InChI is InChI=1S/C27H27ClN2O2/c1-3-7-23(31)29-21-14-13-20(28)27-24(21)18-10-6-11-19(18)26(30-27)25-17-9-5-4-8-16(17)12-15-22(25)32-2/h4-6,8-10,12-15,18-19,26,30H,3,7,11H2,1-2H3,(H,29,31). The van der Waals surface area contributed by atoms with E-state index in [9.17, 15) is 4.79 Å². The molecular weight excluding hydrogens is 420 g/mol. The number of carbonyl (C=O) groups excluding carboxylic acids is 1. The van der Waals surface area contributed by atoms with Gasteiger partial charge in [0, 0.05) is 29.2 Å². The van der Waals surface area contributed by atoms with E-state index in [1.54, 1.807) is 7.11 Å². The van der Waals surface area contributed by atoms with Crippen LogP contribution in [0.25, 0.3) is 10.8 Å². The Hall–Kier alpha value is -2.98. The Labute approximate surface area is 193 Å². The fraction of sp³-hybridized carbons (Fsp3) is 0.296. The van der Waals surface area contributed by atoms with Gasteiger partial charge in [0.25, 0.3) is 0 Å². The van der Waals surface area contributed by atoms with Crippen molar-refractivity contribution in [2.75, 3.05) is 17.7 Å². The highest BCUT2D eigenvalue weighted by molar-refractivity contribution is 6.33. The fourth-order valence-corrected chi connectivity index (χ4v) is 5.50. The molecule has 1 heterocycles. The van der Waals surface area contributed by atoms with Gasteiger partial charge in [-0.25, -0.2) is 0 Å². The van der Waals surface area contributed by atoms with Crippen molar-refractivity contribution < 1.29 is 9.53 Å². The van der Waals surface area contributed by atoms with Crippen LogP contribution in [0.2, 0.25) is 5.02 Å². The summed E-state index contributed by atoms with van der Waals surface area (Å²) in [5.41, 5.74) is 3.98. The number of halogens is 1. The quantitative estimate of drug-likeness (QED) is 0.412. The van der Waals surface area contributed by atoms with E-state index in [2.05, 4.69) is 59.2 Å². The third-order valence-electron chi connectivity index (χ3n) is 6.68. The summed E-state index contributed by atoms with van der Waals surface area (Å²) in [6.07, 6.45) is 6.78. The zero-order valence-electron chi connectivity index (χ0n) is 18.3. The highest BCUT2D eigenvalue weighted by Gasteiger charge is 2.41. The monoisotopic (exact) mass is 446 g/mol. The summed E-state index contributed by atoms with van der Waals surface area (Å²) in [6.45, 7) is 2.01. The van der Waals surface area contributed by atoms with Crippen LogP contribution < -0.4 is 15.4 Å². The number of carbonyl (C=O) groups is 1. The number of methoxy groups -OCH3 is 1. The Morgan fingerprint density at radius 3 is 2.81 bits per heavy atom. The van der Waals surface area contributed by atoms with Crippen LogP contribution in [0.3, 0.4) is 0 Å². The highest BCUT2D eigenvalue weighted by Crippen LogP contribution is 2.55. The molecule has 1 aliphatic carbocycles. The van der Waals surface area contributed by atoms with Crippen LogP contribution in [0.15, 0.2) is 60.7 Å². The topological polar surface area (TPSA) is 50.4 Å². The largest absolute Gasteiger partial charge is 0.496 e. The van der Waals surface area contributed by atoms with Crippen LogP contribution in [0.4, 0.5) is 11.4 Å². The van der Waals surface area contributed by atoms with Gasteiger partial charge in [0.15, 0.2) is 0 Å². The zero-order valence-corrected chi connectivity index (χ0v) is 19.1. The molecule has 3 unspecified atom stereocenters. The highest BCUT2D eigenvalue weighted by atomic mass is 35.5. The molecule has 1 amide bonds. The number of hydrogen-bond acceptors (Lipinski definition) is 3. The molecule has 0 bridgehead atoms. The molecule has 4 nitrogen and oxygen atoms in total. The summed E-state index contributed by atoms with van der Waals surface area (Å²) >= 11 is 6.72. The second-order valence-electron chi connectivity index (χ2n) is 8.56. The zero-order chi connectivity index (χ0) is 22.2. The third-order valence-corrected chi connectivity index (χ3v) is 7.00. The number of nitrogens with one attached hydrogen (secondary N) is 2. The van der Waals surface area contributed by atoms with E-state index in [0.717, 1.165) is 41.1 Å². The summed E-state index contributed by atoms with van der Waals surface area (Å²) in [6, 6.07) is 16.4. The molecular formula is C27H27ClN2O2. The van der Waals surface area contributed by atoms with E-state index >= 15 is 0 Å². The lowest BCUT2D eigenvalue weighted by atomic mass is 9.75. The van der Waals surface area contributed by atoms with E-state index in [-0.39, 0.29) is 17.9 Å². The van der Waals surface area contributed by atoms with Gasteiger partial charge in [-0.1, -0.05) is 61.0 Å². The summed E-state index contributed by atoms with van der Waals surface area (Å²) in [5.74, 6) is 1.37. The van der Waals surface area contributed by atoms with Crippen molar-refractivity contribution in [2.45, 2.75) is 38.1 Å². The smallest absolute Gasteiger partial charge is 0.224 e. The SMILES string of the molecule is CCCC(=O)Nc1ccc(Cl)c2c1C1C=CCC1C(c1c(OC)ccc3ccccc13)N2. The first kappa shape index (κ1) is 20.9. The van der Waals surface area contributed by atoms with Crippen molar-refractivity contribution in [2.24, 2.45) is 5.92 Å². The molecule has 3 aromatic carbocycles. The predicted octanol–water partition coefficient (Wildman–Crippen LogP) is 7.07. The molecule has 0 aromatic heterocycles. The van der Waals surface area contributed by atoms with E-state index in [0.29, 0.717) is 17.4 Å². The van der Waals surface area contributed by atoms with Crippen LogP contribution in [0.1, 0.15) is 49.3 Å². The lowest BCUT2D eigenvalue weighted by Crippen LogP contribution is -2.31. The minimum absolute atomic E-state index is 0.0302. The van der Waals surface area contributed by atoms with Crippen molar-refractivity contribution in [3.8, 4) is 5.75 Å². The molecule has 164 valence electrons. The van der Waals surface area contributed by atoms with Gasteiger partial charge in [-0.15, -0.1) is 0 Å². The van der Waals surface area contributed by atoms with Gasteiger partial charge in [0.1, 0.15) is 5.75 Å². The van der Waals surface area contributed by atoms with Crippen LogP contribution in [0, 0.1) is 5.92 Å². The van der Waals surface area contributed by atoms with Gasteiger partial charge < -0.3 is 15.4 Å². The molecule has 3 atom stereocenters. The number of amides is 1. The van der Waals surface area contributed by atoms with Crippen molar-refractivity contribution in [3.63, 3.8) is 0 Å². The maximum atomic E-state index is 12.4. The number of rotatable bonds is 5. The molecule has 0 spiro atoms. The average molecular weight is 447 g/mol. The van der Waals surface area contributed by atoms with E-state index in [4.69, 9.17) is 16.3 Å². The molecule has 3 aromatic rings. The van der Waals surface area contributed by atoms with Gasteiger partial charge in [0.2, 0.25) is 5.91 Å². The molecule has 2 aliphatic rings. The number of allylic oxidation sites excluding steroid dienone is 2. The van der Waals surface area contributed by atoms with Crippen LogP contribution >= 0.6 is 11.6 Å². The molecule has 2 N–H and O–H groups in total. The minimum atomic E-state index is 0.0302. The third kappa shape index (κ3) is 3.43. The Kier molecular flexibility index (Phi) is 5.56. The first-order chi connectivity index (χ1) is 15.6. The molecule has 0 saturated carbocycles. The van der Waals surface area contributed by atoms with E-state index in [1.165, 1.54) is 10.8 Å². The molecule has 0 radical (unpaired) electrons. The number of anilines is 2. The maximum Gasteiger partial charge on any atom is 0.224 e. The van der Waals surface area contributed by atoms with Crippen molar-refractivity contribution in [3.05, 3.63) is 76.8 Å². The van der Waals surface area contributed by atoms with Gasteiger partial charge in [-0.05, 0) is 47.7 Å². The summed E-state index contributed by atoms with van der Waals surface area (Å²) < 4.78 is 5.83. The van der Waals surface area contributed by atoms with Crippen molar-refractivity contribution in [1.29, 1.82) is 0 Å². The first-order valence-electron chi connectivity index (χ1n) is 11.2. The normalized spacial score (nSPS) is 21.0. The summed E-state index contributed by atoms with van der Waals surface area (Å²) in [5, 5.41) is 9.91. The van der Waals surface area contributed by atoms with E-state index in [1.807, 2.05) is 19.1 Å². The lowest BCUT2D eigenvalue weighted by Gasteiger charge is -2.39. The minimum Gasteiger partial charge on any atom is -0.496 e. The molecule has 32 heavy (non-hydrogen) atoms. The van der Waals surface area contributed by atoms with Crippen LogP contribution in [-0.2, 0) is 4.79 Å². The maximum absolute atomic E-state index is 12.4. The Morgan fingerprint density at radius 2 is 2.00 bits per heavy atom. The average Bonchev–Trinajstić information content (AvgIpc) is 3.30. The Balaban J connectivity index is 1.66. The second kappa shape index (κ2) is 8.51. The predicted molar refractivity (Wildman–Crippen MR) is 132 cm³/mol.